The first-order valence-electron chi connectivity index (χ1n) is 3.88. The minimum Gasteiger partial charge on any atom is -0.409 e. The van der Waals surface area contributed by atoms with E-state index >= 15 is 0 Å². The number of benzene rings is 1. The van der Waals surface area contributed by atoms with Crippen LogP contribution in [0.25, 0.3) is 0 Å². The molecule has 3 nitrogen and oxygen atoms in total. The van der Waals surface area contributed by atoms with Crippen LogP contribution in [0.5, 0.6) is 0 Å². The molecule has 0 aromatic heterocycles. The molecule has 3 N–H and O–H groups in total. The highest BCUT2D eigenvalue weighted by Gasteiger charge is 1.96. The van der Waals surface area contributed by atoms with Crippen molar-refractivity contribution in [1.82, 2.24) is 0 Å². The van der Waals surface area contributed by atoms with Crippen molar-refractivity contribution in [3.8, 4) is 0 Å². The zero-order valence-electron chi connectivity index (χ0n) is 7.40. The Morgan fingerprint density at radius 1 is 1.46 bits per heavy atom. The van der Waals surface area contributed by atoms with Gasteiger partial charge in [0.15, 0.2) is 0 Å². The molecule has 0 aliphatic rings. The first-order chi connectivity index (χ1) is 6.22. The third-order valence-electron chi connectivity index (χ3n) is 1.54. The molecule has 0 saturated carbocycles. The SMILES string of the molecule is Cc1ccc(SCC(N)=NO)cc1. The predicted molar refractivity (Wildman–Crippen MR) is 55.3 cm³/mol. The lowest BCUT2D eigenvalue weighted by Gasteiger charge is -2.00. The van der Waals surface area contributed by atoms with E-state index in [1.807, 2.05) is 31.2 Å². The molecule has 1 aromatic rings. The predicted octanol–water partition coefficient (Wildman–Crippen LogP) is 1.83. The minimum absolute atomic E-state index is 0.241. The van der Waals surface area contributed by atoms with Crippen molar-refractivity contribution in [1.29, 1.82) is 0 Å². The fourth-order valence-corrected chi connectivity index (χ4v) is 1.52. The molecule has 0 bridgehead atoms. The fourth-order valence-electron chi connectivity index (χ4n) is 0.821. The van der Waals surface area contributed by atoms with Crippen LogP contribution < -0.4 is 5.73 Å². The van der Waals surface area contributed by atoms with Crippen LogP contribution in [-0.2, 0) is 0 Å². The van der Waals surface area contributed by atoms with Crippen LogP contribution in [0.4, 0.5) is 0 Å². The molecule has 0 aliphatic carbocycles. The van der Waals surface area contributed by atoms with Gasteiger partial charge in [-0.3, -0.25) is 0 Å². The third kappa shape index (κ3) is 3.38. The van der Waals surface area contributed by atoms with E-state index in [1.54, 1.807) is 11.8 Å². The molecular weight excluding hydrogens is 184 g/mol. The van der Waals surface area contributed by atoms with Gasteiger partial charge in [-0.05, 0) is 19.1 Å². The first kappa shape index (κ1) is 9.92. The fraction of sp³-hybridized carbons (Fsp3) is 0.222. The molecule has 0 saturated heterocycles. The van der Waals surface area contributed by atoms with Crippen LogP contribution >= 0.6 is 11.8 Å². The van der Waals surface area contributed by atoms with E-state index < -0.39 is 0 Å². The quantitative estimate of drug-likeness (QED) is 0.255. The van der Waals surface area contributed by atoms with E-state index in [0.29, 0.717) is 5.75 Å². The number of hydrogen-bond donors (Lipinski definition) is 2. The highest BCUT2D eigenvalue weighted by Crippen LogP contribution is 2.17. The van der Waals surface area contributed by atoms with Crippen molar-refractivity contribution in [3.05, 3.63) is 29.8 Å². The van der Waals surface area contributed by atoms with Crippen LogP contribution in [0, 0.1) is 6.92 Å². The molecule has 0 amide bonds. The highest BCUT2D eigenvalue weighted by atomic mass is 32.2. The molecule has 13 heavy (non-hydrogen) atoms. The summed E-state index contributed by atoms with van der Waals surface area (Å²) in [6.07, 6.45) is 0. The summed E-state index contributed by atoms with van der Waals surface area (Å²) >= 11 is 1.55. The smallest absolute Gasteiger partial charge is 0.149 e. The lowest BCUT2D eigenvalue weighted by atomic mass is 10.2. The normalized spacial score (nSPS) is 11.6. The van der Waals surface area contributed by atoms with Crippen molar-refractivity contribution in [2.24, 2.45) is 10.9 Å². The molecule has 0 fully saturated rings. The summed E-state index contributed by atoms with van der Waals surface area (Å²) < 4.78 is 0. The Morgan fingerprint density at radius 2 is 2.08 bits per heavy atom. The lowest BCUT2D eigenvalue weighted by molar-refractivity contribution is 0.318. The van der Waals surface area contributed by atoms with Gasteiger partial charge in [0.05, 0.1) is 5.75 Å². The van der Waals surface area contributed by atoms with Crippen molar-refractivity contribution in [2.75, 3.05) is 5.75 Å². The first-order valence-corrected chi connectivity index (χ1v) is 4.87. The maximum Gasteiger partial charge on any atom is 0.149 e. The summed E-state index contributed by atoms with van der Waals surface area (Å²) in [4.78, 5) is 1.12. The Kier molecular flexibility index (Phi) is 3.64. The Balaban J connectivity index is 2.51. The monoisotopic (exact) mass is 196 g/mol. The Hall–Kier alpha value is -1.16. The Labute approximate surface area is 81.6 Å². The average Bonchev–Trinajstić information content (AvgIpc) is 2.16. The number of hydrogen-bond acceptors (Lipinski definition) is 3. The molecule has 0 spiro atoms. The molecule has 0 aliphatic heterocycles. The summed E-state index contributed by atoms with van der Waals surface area (Å²) in [7, 11) is 0. The summed E-state index contributed by atoms with van der Waals surface area (Å²) in [6.45, 7) is 2.04. The van der Waals surface area contributed by atoms with Gasteiger partial charge in [-0.1, -0.05) is 22.9 Å². The van der Waals surface area contributed by atoms with Crippen LogP contribution in [0.15, 0.2) is 34.3 Å². The average molecular weight is 196 g/mol. The second kappa shape index (κ2) is 4.77. The second-order valence-corrected chi connectivity index (χ2v) is 3.74. The summed E-state index contributed by atoms with van der Waals surface area (Å²) in [5.41, 5.74) is 6.56. The molecule has 0 unspecified atom stereocenters. The van der Waals surface area contributed by atoms with Crippen LogP contribution in [0.2, 0.25) is 0 Å². The third-order valence-corrected chi connectivity index (χ3v) is 2.58. The van der Waals surface area contributed by atoms with E-state index in [-0.39, 0.29) is 5.84 Å². The molecule has 0 radical (unpaired) electrons. The highest BCUT2D eigenvalue weighted by molar-refractivity contribution is 8.00. The topological polar surface area (TPSA) is 58.6 Å². The van der Waals surface area contributed by atoms with Crippen LogP contribution in [0.1, 0.15) is 5.56 Å². The van der Waals surface area contributed by atoms with Crippen LogP contribution in [-0.4, -0.2) is 16.8 Å². The maximum absolute atomic E-state index is 8.31. The molecule has 1 rings (SSSR count). The standard InChI is InChI=1S/C9H12N2OS/c1-7-2-4-8(5-3-7)13-6-9(10)11-12/h2-5,12H,6H2,1H3,(H2,10,11). The van der Waals surface area contributed by atoms with Crippen molar-refractivity contribution in [3.63, 3.8) is 0 Å². The van der Waals surface area contributed by atoms with E-state index in [4.69, 9.17) is 10.9 Å². The number of nitrogens with two attached hydrogens (primary N) is 1. The number of nitrogens with zero attached hydrogens (tertiary/aromatic N) is 1. The number of thioether (sulfide) groups is 1. The summed E-state index contributed by atoms with van der Waals surface area (Å²) in [5.74, 6) is 0.755. The van der Waals surface area contributed by atoms with E-state index in [1.165, 1.54) is 5.56 Å². The number of aryl methyl sites for hydroxylation is 1. The van der Waals surface area contributed by atoms with Gasteiger partial charge in [-0.15, -0.1) is 11.8 Å². The van der Waals surface area contributed by atoms with E-state index in [2.05, 4.69) is 5.16 Å². The van der Waals surface area contributed by atoms with Gasteiger partial charge in [0.1, 0.15) is 5.84 Å². The van der Waals surface area contributed by atoms with Gasteiger partial charge in [0.2, 0.25) is 0 Å². The molecule has 70 valence electrons. The molecule has 1 aromatic carbocycles. The van der Waals surface area contributed by atoms with Crippen LogP contribution in [0.3, 0.4) is 0 Å². The van der Waals surface area contributed by atoms with Crippen molar-refractivity contribution < 1.29 is 5.21 Å². The second-order valence-electron chi connectivity index (χ2n) is 2.69. The largest absolute Gasteiger partial charge is 0.409 e. The number of oxime groups is 1. The van der Waals surface area contributed by atoms with E-state index in [9.17, 15) is 0 Å². The Bertz CT molecular complexity index is 295. The lowest BCUT2D eigenvalue weighted by Crippen LogP contribution is -2.13. The summed E-state index contributed by atoms with van der Waals surface area (Å²) in [5, 5.41) is 11.2. The number of rotatable bonds is 3. The zero-order valence-corrected chi connectivity index (χ0v) is 8.21. The van der Waals surface area contributed by atoms with Gasteiger partial charge in [-0.2, -0.15) is 0 Å². The maximum atomic E-state index is 8.31. The minimum atomic E-state index is 0.241. The number of amidine groups is 1. The van der Waals surface area contributed by atoms with Gasteiger partial charge < -0.3 is 10.9 Å². The van der Waals surface area contributed by atoms with Crippen molar-refractivity contribution >= 4 is 17.6 Å². The van der Waals surface area contributed by atoms with E-state index in [0.717, 1.165) is 4.90 Å². The molecule has 4 heteroatoms. The zero-order chi connectivity index (χ0) is 9.68. The molecule has 0 heterocycles. The van der Waals surface area contributed by atoms with Gasteiger partial charge in [0.25, 0.3) is 0 Å². The summed E-state index contributed by atoms with van der Waals surface area (Å²) in [6, 6.07) is 8.11. The van der Waals surface area contributed by atoms with Gasteiger partial charge in [0, 0.05) is 4.90 Å². The molecule has 0 atom stereocenters. The van der Waals surface area contributed by atoms with Crippen molar-refractivity contribution in [2.45, 2.75) is 11.8 Å². The van der Waals surface area contributed by atoms with Gasteiger partial charge >= 0.3 is 0 Å². The van der Waals surface area contributed by atoms with Gasteiger partial charge in [-0.25, -0.2) is 0 Å². The molecular formula is C9H12N2OS. The Morgan fingerprint density at radius 3 is 2.62 bits per heavy atom.